The number of hydroxylamine groups is 3. The molecule has 1 N–H and O–H groups in total. The molecule has 0 aromatic heterocycles. The summed E-state index contributed by atoms with van der Waals surface area (Å²) in [6, 6.07) is 0. The number of hydrogen-bond donors (Lipinski definition) is 1. The Bertz CT molecular complexity index is 140. The first kappa shape index (κ1) is 12.9. The van der Waals surface area contributed by atoms with Gasteiger partial charge in [-0.15, -0.1) is 0 Å². The van der Waals surface area contributed by atoms with E-state index in [0.29, 0.717) is 0 Å². The van der Waals surface area contributed by atoms with Crippen LogP contribution in [0.3, 0.4) is 0 Å². The molecule has 1 atom stereocenters. The maximum absolute atomic E-state index is 10.4. The van der Waals surface area contributed by atoms with Crippen molar-refractivity contribution in [2.45, 2.75) is 59.4 Å². The van der Waals surface area contributed by atoms with E-state index >= 15 is 0 Å². The van der Waals surface area contributed by atoms with Crippen LogP contribution < -0.4 is 0 Å². The maximum atomic E-state index is 10.4. The summed E-state index contributed by atoms with van der Waals surface area (Å²) in [4.78, 5) is 0. The molecule has 0 aliphatic rings. The molecule has 2 nitrogen and oxygen atoms in total. The van der Waals surface area contributed by atoms with Gasteiger partial charge in [-0.05, 0) is 33.6 Å². The molecule has 13 heavy (non-hydrogen) atoms. The molecule has 0 aliphatic heterocycles. The van der Waals surface area contributed by atoms with Crippen molar-refractivity contribution < 1.29 is 9.85 Å². The van der Waals surface area contributed by atoms with Gasteiger partial charge in [0.15, 0.2) is 0 Å². The van der Waals surface area contributed by atoms with Crippen molar-refractivity contribution in [3.05, 3.63) is 0 Å². The van der Waals surface area contributed by atoms with Crippen molar-refractivity contribution in [1.82, 2.24) is 0 Å². The molecule has 0 rings (SSSR count). The number of hydrogen-bond acceptors (Lipinski definition) is 1. The van der Waals surface area contributed by atoms with Crippen LogP contribution in [0.1, 0.15) is 53.9 Å². The molecule has 0 aliphatic carbocycles. The zero-order valence-corrected chi connectivity index (χ0v) is 9.93. The highest BCUT2D eigenvalue weighted by molar-refractivity contribution is 4.60. The van der Waals surface area contributed by atoms with Crippen molar-refractivity contribution in [2.75, 3.05) is 13.1 Å². The van der Waals surface area contributed by atoms with Crippen LogP contribution in [0, 0.1) is 0 Å². The molecule has 0 saturated heterocycles. The van der Waals surface area contributed by atoms with Crippen molar-refractivity contribution in [3.8, 4) is 0 Å². The second-order valence-corrected chi connectivity index (χ2v) is 4.89. The van der Waals surface area contributed by atoms with Crippen LogP contribution in [0.4, 0.5) is 0 Å². The molecule has 0 aromatic rings. The van der Waals surface area contributed by atoms with E-state index in [1.807, 2.05) is 0 Å². The number of rotatable bonds is 5. The Morgan fingerprint density at radius 3 is 1.85 bits per heavy atom. The monoisotopic (exact) mass is 188 g/mol. The Hall–Kier alpha value is -0.0800. The summed E-state index contributed by atoms with van der Waals surface area (Å²) in [6.07, 6.45) is 3.30. The van der Waals surface area contributed by atoms with Crippen molar-refractivity contribution >= 4 is 0 Å². The third-order valence-corrected chi connectivity index (χ3v) is 2.72. The predicted octanol–water partition coefficient (Wildman–Crippen LogP) is 3.20. The summed E-state index contributed by atoms with van der Waals surface area (Å²) < 4.78 is 0.220. The zero-order valence-electron chi connectivity index (χ0n) is 9.93. The fourth-order valence-electron chi connectivity index (χ4n) is 1.57. The molecule has 0 amide bonds. The molecule has 0 heterocycles. The largest absolute Gasteiger partial charge is 0.217 e. The quantitative estimate of drug-likeness (QED) is 0.519. The average molecular weight is 188 g/mol. The van der Waals surface area contributed by atoms with E-state index in [-0.39, 0.29) is 10.2 Å². The third kappa shape index (κ3) is 3.65. The van der Waals surface area contributed by atoms with Crippen LogP contribution in [0.25, 0.3) is 0 Å². The predicted molar refractivity (Wildman–Crippen MR) is 56.7 cm³/mol. The van der Waals surface area contributed by atoms with E-state index in [2.05, 4.69) is 34.6 Å². The second-order valence-electron chi connectivity index (χ2n) is 4.89. The highest BCUT2D eigenvalue weighted by Crippen LogP contribution is 2.23. The number of unbranched alkanes of at least 4 members (excludes halogenated alkanes) is 1. The molecule has 0 saturated carbocycles. The van der Waals surface area contributed by atoms with Gasteiger partial charge in [-0.25, -0.2) is 5.21 Å². The van der Waals surface area contributed by atoms with E-state index in [0.717, 1.165) is 32.4 Å². The molecule has 0 bridgehead atoms. The van der Waals surface area contributed by atoms with Crippen molar-refractivity contribution in [3.63, 3.8) is 0 Å². The first-order chi connectivity index (χ1) is 5.87. The van der Waals surface area contributed by atoms with Crippen molar-refractivity contribution in [2.24, 2.45) is 0 Å². The Labute approximate surface area is 83.1 Å². The van der Waals surface area contributed by atoms with Gasteiger partial charge in [0.1, 0.15) is 18.6 Å². The fraction of sp³-hybridized carbons (Fsp3) is 1.00. The summed E-state index contributed by atoms with van der Waals surface area (Å²) in [5.74, 6) is 0. The van der Waals surface area contributed by atoms with Crippen LogP contribution >= 0.6 is 0 Å². The summed E-state index contributed by atoms with van der Waals surface area (Å²) in [6.45, 7) is 12.4. The van der Waals surface area contributed by atoms with Gasteiger partial charge in [-0.2, -0.15) is 4.65 Å². The molecule has 0 spiro atoms. The van der Waals surface area contributed by atoms with E-state index in [4.69, 9.17) is 0 Å². The lowest BCUT2D eigenvalue weighted by Crippen LogP contribution is -2.58. The Balaban J connectivity index is 4.34. The minimum Gasteiger partial charge on any atom is -0.217 e. The molecular weight excluding hydrogens is 162 g/mol. The summed E-state index contributed by atoms with van der Waals surface area (Å²) in [5, 5.41) is 10.4. The second kappa shape index (κ2) is 4.97. The maximum Gasteiger partial charge on any atom is 0.120 e. The molecule has 2 heteroatoms. The zero-order chi connectivity index (χ0) is 10.5. The van der Waals surface area contributed by atoms with Gasteiger partial charge in [0.25, 0.3) is 0 Å². The smallest absolute Gasteiger partial charge is 0.120 e. The molecular formula is C11H26NO+. The Morgan fingerprint density at radius 2 is 1.54 bits per heavy atom. The van der Waals surface area contributed by atoms with Gasteiger partial charge in [-0.1, -0.05) is 20.3 Å². The molecule has 0 radical (unpaired) electrons. The van der Waals surface area contributed by atoms with Gasteiger partial charge in [0.2, 0.25) is 0 Å². The Morgan fingerprint density at radius 1 is 1.00 bits per heavy atom. The SMILES string of the molecule is CCCC[N+](O)(CCC)C(C)(C)C. The lowest BCUT2D eigenvalue weighted by molar-refractivity contribution is -1.13. The normalized spacial score (nSPS) is 17.1. The lowest BCUT2D eigenvalue weighted by Gasteiger charge is -2.41. The summed E-state index contributed by atoms with van der Waals surface area (Å²) >= 11 is 0. The van der Waals surface area contributed by atoms with Crippen LogP contribution in [0.5, 0.6) is 0 Å². The van der Waals surface area contributed by atoms with E-state index in [9.17, 15) is 5.21 Å². The van der Waals surface area contributed by atoms with Crippen LogP contribution in [0.2, 0.25) is 0 Å². The number of quaternary nitrogens is 1. The minimum absolute atomic E-state index is 0.0504. The van der Waals surface area contributed by atoms with E-state index in [1.54, 1.807) is 0 Å². The first-order valence-electron chi connectivity index (χ1n) is 5.47. The molecule has 80 valence electrons. The van der Waals surface area contributed by atoms with Crippen LogP contribution in [-0.2, 0) is 0 Å². The molecule has 1 unspecified atom stereocenters. The van der Waals surface area contributed by atoms with E-state index < -0.39 is 0 Å². The molecule has 0 fully saturated rings. The standard InChI is InChI=1S/C11H26NO/c1-6-8-10-12(13,9-7-2)11(3,4)5/h13H,6-10H2,1-5H3/q+1. The van der Waals surface area contributed by atoms with E-state index in [1.165, 1.54) is 0 Å². The lowest BCUT2D eigenvalue weighted by atomic mass is 10.0. The van der Waals surface area contributed by atoms with Gasteiger partial charge >= 0.3 is 0 Å². The van der Waals surface area contributed by atoms with Gasteiger partial charge < -0.3 is 0 Å². The Kier molecular flexibility index (Phi) is 4.93. The third-order valence-electron chi connectivity index (χ3n) is 2.72. The highest BCUT2D eigenvalue weighted by atomic mass is 16.5. The topological polar surface area (TPSA) is 20.2 Å². The fourth-order valence-corrected chi connectivity index (χ4v) is 1.57. The summed E-state index contributed by atoms with van der Waals surface area (Å²) in [7, 11) is 0. The first-order valence-corrected chi connectivity index (χ1v) is 5.47. The van der Waals surface area contributed by atoms with Crippen LogP contribution in [0.15, 0.2) is 0 Å². The minimum atomic E-state index is -0.0504. The number of nitrogens with zero attached hydrogens (tertiary/aromatic N) is 1. The molecule has 0 aromatic carbocycles. The van der Waals surface area contributed by atoms with Gasteiger partial charge in [0.05, 0.1) is 0 Å². The van der Waals surface area contributed by atoms with Gasteiger partial charge in [-0.3, -0.25) is 0 Å². The average Bonchev–Trinajstić information content (AvgIpc) is 1.99. The van der Waals surface area contributed by atoms with Gasteiger partial charge in [0, 0.05) is 0 Å². The highest BCUT2D eigenvalue weighted by Gasteiger charge is 2.38. The van der Waals surface area contributed by atoms with Crippen LogP contribution in [-0.4, -0.2) is 28.5 Å². The summed E-state index contributed by atoms with van der Waals surface area (Å²) in [5.41, 5.74) is -0.0504. The van der Waals surface area contributed by atoms with Crippen molar-refractivity contribution in [1.29, 1.82) is 0 Å².